The van der Waals surface area contributed by atoms with Crippen LogP contribution in [0.25, 0.3) is 36.9 Å². The van der Waals surface area contributed by atoms with Gasteiger partial charge in [0.05, 0.1) is 36.1 Å². The van der Waals surface area contributed by atoms with E-state index in [0.717, 1.165) is 11.3 Å². The van der Waals surface area contributed by atoms with Crippen LogP contribution in [-0.4, -0.2) is 22.9 Å². The fourth-order valence-electron chi connectivity index (χ4n) is 4.65. The van der Waals surface area contributed by atoms with Gasteiger partial charge >= 0.3 is 7.12 Å². The summed E-state index contributed by atoms with van der Waals surface area (Å²) in [5.41, 5.74) is -8.01. The number of para-hydroxylation sites is 1. The largest absolute Gasteiger partial charge is 0.494 e. The SMILES string of the molecule is [2H]c1c([2H])c2c(c([2H])c1B1OC(C)(C)C(C)(C)O1)C(C([2H])([2H])[2H])(C([2H])([2H])[2H])c1c([2H])c([2H])c([2H])c3c4c5c([2H])c([2H])c([2H])c([2H])c5sc4n-2c13. The van der Waals surface area contributed by atoms with E-state index in [4.69, 9.17) is 28.5 Å². The summed E-state index contributed by atoms with van der Waals surface area (Å²) in [4.78, 5) is 0.0309. The standard InChI is InChI=1S/C29H28BNO2S/c1-27(2)20-12-9-11-19-24-18-10-7-8-13-23(18)34-26(24)31(25(19)20)22-15-14-17(16-21(22)27)30-32-28(3,4)29(5,6)33-30/h7-16H,1-6H3/i1D3,2D3,7D,8D,9D,10D,11D,12D,13D,14D,15D,16D. The molecule has 0 atom stereocenters. The van der Waals surface area contributed by atoms with Gasteiger partial charge < -0.3 is 13.9 Å². The van der Waals surface area contributed by atoms with Crippen molar-refractivity contribution in [1.29, 1.82) is 0 Å². The minimum atomic E-state index is -3.60. The van der Waals surface area contributed by atoms with Gasteiger partial charge in [-0.3, -0.25) is 0 Å². The summed E-state index contributed by atoms with van der Waals surface area (Å²) in [5, 5.41) is -0.355. The van der Waals surface area contributed by atoms with Crippen molar-refractivity contribution in [2.24, 2.45) is 0 Å². The summed E-state index contributed by atoms with van der Waals surface area (Å²) in [5.74, 6) is 0. The smallest absolute Gasteiger partial charge is 0.399 e. The highest BCUT2D eigenvalue weighted by atomic mass is 32.1. The summed E-state index contributed by atoms with van der Waals surface area (Å²) in [7, 11) is -1.50. The average molecular weight is 482 g/mol. The molecule has 2 aliphatic rings. The van der Waals surface area contributed by atoms with Gasteiger partial charge in [-0.25, -0.2) is 0 Å². The molecular formula is C29H28BNO2S. The first-order chi connectivity index (χ1) is 22.8. The number of hydrogen-bond acceptors (Lipinski definition) is 3. The average Bonchev–Trinajstić information content (AvgIpc) is 3.59. The van der Waals surface area contributed by atoms with E-state index >= 15 is 0 Å². The lowest BCUT2D eigenvalue weighted by molar-refractivity contribution is 0.00578. The zero-order valence-corrected chi connectivity index (χ0v) is 19.6. The molecule has 4 heterocycles. The maximum atomic E-state index is 9.57. The van der Waals surface area contributed by atoms with Crippen LogP contribution in [-0.2, 0) is 14.7 Å². The zero-order chi connectivity index (χ0) is 37.3. The van der Waals surface area contributed by atoms with Crippen LogP contribution in [0.15, 0.2) is 60.4 Å². The third-order valence-corrected chi connectivity index (χ3v) is 8.21. The van der Waals surface area contributed by atoms with E-state index in [9.17, 15) is 2.74 Å². The number of rotatable bonds is 1. The van der Waals surface area contributed by atoms with E-state index in [1.807, 2.05) is 0 Å². The molecule has 2 aliphatic heterocycles. The van der Waals surface area contributed by atoms with Crippen molar-refractivity contribution in [2.75, 3.05) is 0 Å². The number of hydrogen-bond donors (Lipinski definition) is 0. The Hall–Kier alpha value is -2.60. The van der Waals surface area contributed by atoms with Crippen LogP contribution in [0.2, 0.25) is 0 Å². The third kappa shape index (κ3) is 2.45. The number of aromatic nitrogens is 1. The molecule has 1 saturated heterocycles. The highest BCUT2D eigenvalue weighted by Crippen LogP contribution is 2.50. The molecule has 34 heavy (non-hydrogen) atoms. The molecule has 7 rings (SSSR count). The predicted octanol–water partition coefficient (Wildman–Crippen LogP) is 6.94. The summed E-state index contributed by atoms with van der Waals surface area (Å²) >= 11 is 0.803. The van der Waals surface area contributed by atoms with Crippen molar-refractivity contribution in [2.45, 2.75) is 58.0 Å². The highest BCUT2D eigenvalue weighted by Gasteiger charge is 2.52. The second-order valence-electron chi connectivity index (χ2n) is 9.65. The van der Waals surface area contributed by atoms with Crippen LogP contribution in [0.1, 0.15) is 74.5 Å². The zero-order valence-electron chi connectivity index (χ0n) is 34.7. The Morgan fingerprint density at radius 2 is 1.62 bits per heavy atom. The Bertz CT molecular complexity index is 2360. The van der Waals surface area contributed by atoms with E-state index < -0.39 is 120 Å². The molecule has 3 nitrogen and oxygen atoms in total. The number of nitrogens with zero attached hydrogens (tertiary/aromatic N) is 1. The summed E-state index contributed by atoms with van der Waals surface area (Å²) in [6.07, 6.45) is 0. The van der Waals surface area contributed by atoms with Crippen molar-refractivity contribution in [3.63, 3.8) is 0 Å². The highest BCUT2D eigenvalue weighted by molar-refractivity contribution is 7.25. The van der Waals surface area contributed by atoms with Gasteiger partial charge in [-0.05, 0) is 56.4 Å². The topological polar surface area (TPSA) is 23.4 Å². The van der Waals surface area contributed by atoms with Crippen molar-refractivity contribution >= 4 is 55.1 Å². The third-order valence-electron chi connectivity index (χ3n) is 7.12. The summed E-state index contributed by atoms with van der Waals surface area (Å²) < 4.78 is 156. The first-order valence-corrected chi connectivity index (χ1v) is 11.6. The van der Waals surface area contributed by atoms with E-state index in [1.165, 1.54) is 4.57 Å². The van der Waals surface area contributed by atoms with E-state index in [2.05, 4.69) is 0 Å². The molecule has 0 radical (unpaired) electrons. The monoisotopic (exact) mass is 481 g/mol. The van der Waals surface area contributed by atoms with Crippen LogP contribution < -0.4 is 5.46 Å². The van der Waals surface area contributed by atoms with Crippen LogP contribution in [0.3, 0.4) is 0 Å². The minimum absolute atomic E-state index is 0.0305. The van der Waals surface area contributed by atoms with Crippen LogP contribution in [0, 0.1) is 0 Å². The molecule has 0 N–H and O–H groups in total. The van der Waals surface area contributed by atoms with Crippen LogP contribution in [0.4, 0.5) is 0 Å². The quantitative estimate of drug-likeness (QED) is 0.242. The number of fused-ring (bicyclic) bond motifs is 7. The van der Waals surface area contributed by atoms with Crippen LogP contribution >= 0.6 is 11.3 Å². The normalized spacial score (nSPS) is 27.4. The lowest BCUT2D eigenvalue weighted by Crippen LogP contribution is -2.41. The molecule has 170 valence electrons. The maximum Gasteiger partial charge on any atom is 0.494 e. The van der Waals surface area contributed by atoms with E-state index in [0.29, 0.717) is 0 Å². The molecule has 2 aromatic heterocycles. The summed E-state index contributed by atoms with van der Waals surface area (Å²) in [6.45, 7) is -0.392. The Labute approximate surface area is 226 Å². The Morgan fingerprint density at radius 3 is 2.38 bits per heavy atom. The molecule has 0 amide bonds. The lowest BCUT2D eigenvalue weighted by atomic mass is 9.70. The number of thiophene rings is 1. The molecule has 0 saturated carbocycles. The van der Waals surface area contributed by atoms with Crippen molar-refractivity contribution in [3.05, 3.63) is 71.6 Å². The Morgan fingerprint density at radius 1 is 0.882 bits per heavy atom. The first kappa shape index (κ1) is 10.2. The second kappa shape index (κ2) is 6.34. The first-order valence-electron chi connectivity index (χ1n) is 18.7. The molecule has 5 aromatic rings. The molecule has 0 unspecified atom stereocenters. The van der Waals surface area contributed by atoms with Gasteiger partial charge in [0, 0.05) is 34.5 Å². The van der Waals surface area contributed by atoms with Crippen LogP contribution in [0.5, 0.6) is 0 Å². The van der Waals surface area contributed by atoms with Crippen molar-refractivity contribution in [3.8, 4) is 5.69 Å². The second-order valence-corrected chi connectivity index (χ2v) is 10.6. The fourth-order valence-corrected chi connectivity index (χ4v) is 5.78. The predicted molar refractivity (Wildman–Crippen MR) is 144 cm³/mol. The Kier molecular flexibility index (Phi) is 1.90. The molecule has 5 heteroatoms. The van der Waals surface area contributed by atoms with E-state index in [-0.39, 0.29) is 31.2 Å². The van der Waals surface area contributed by atoms with Gasteiger partial charge in [-0.2, -0.15) is 0 Å². The minimum Gasteiger partial charge on any atom is -0.399 e. The molecule has 1 fully saturated rings. The van der Waals surface area contributed by atoms with E-state index in [1.54, 1.807) is 27.7 Å². The van der Waals surface area contributed by atoms with Crippen molar-refractivity contribution < 1.29 is 31.2 Å². The lowest BCUT2D eigenvalue weighted by Gasteiger charge is -2.35. The van der Waals surface area contributed by atoms with Gasteiger partial charge in [0.1, 0.15) is 4.83 Å². The van der Waals surface area contributed by atoms with Gasteiger partial charge in [0.15, 0.2) is 0 Å². The van der Waals surface area contributed by atoms with Gasteiger partial charge in [-0.15, -0.1) is 11.3 Å². The summed E-state index contributed by atoms with van der Waals surface area (Å²) in [6, 6.07) is -6.59. The van der Waals surface area contributed by atoms with Gasteiger partial charge in [-0.1, -0.05) is 62.0 Å². The molecule has 0 spiro atoms. The Balaban J connectivity index is 1.83. The molecule has 0 bridgehead atoms. The van der Waals surface area contributed by atoms with Gasteiger partial charge in [0.25, 0.3) is 0 Å². The molecule has 0 aliphatic carbocycles. The van der Waals surface area contributed by atoms with Crippen molar-refractivity contribution in [1.82, 2.24) is 4.57 Å². The van der Waals surface area contributed by atoms with Gasteiger partial charge in [0.2, 0.25) is 0 Å². The fraction of sp³-hybridized carbons (Fsp3) is 0.310. The number of benzene rings is 3. The molecule has 3 aromatic carbocycles. The maximum absolute atomic E-state index is 9.57. The molecular weight excluding hydrogens is 437 g/mol.